The first-order valence-corrected chi connectivity index (χ1v) is 11.1. The van der Waals surface area contributed by atoms with Gasteiger partial charge in [-0.2, -0.15) is 0 Å². The Kier molecular flexibility index (Phi) is 5.57. The molecule has 0 unspecified atom stereocenters. The fourth-order valence-corrected chi connectivity index (χ4v) is 4.17. The zero-order chi connectivity index (χ0) is 23.8. The van der Waals surface area contributed by atoms with Crippen molar-refractivity contribution in [2.24, 2.45) is 0 Å². The van der Waals surface area contributed by atoms with Crippen molar-refractivity contribution in [3.8, 4) is 0 Å². The summed E-state index contributed by atoms with van der Waals surface area (Å²) in [4.78, 5) is 49.4. The Morgan fingerprint density at radius 3 is 2.88 bits per heavy atom. The van der Waals surface area contributed by atoms with Gasteiger partial charge >= 0.3 is 5.97 Å². The lowest BCUT2D eigenvalue weighted by atomic mass is 10.1. The zero-order valence-corrected chi connectivity index (χ0v) is 19.3. The first-order valence-electron chi connectivity index (χ1n) is 10.3. The normalized spacial score (nSPS) is 13.6. The minimum absolute atomic E-state index is 0.00880. The highest BCUT2D eigenvalue weighted by atomic mass is 79.9. The second-order valence-corrected chi connectivity index (χ2v) is 8.65. The fraction of sp³-hybridized carbons (Fsp3) is 0.182. The van der Waals surface area contributed by atoms with Gasteiger partial charge in [-0.25, -0.2) is 9.78 Å². The number of likely N-dealkylation sites (tertiary alicyclic amines) is 1. The fourth-order valence-electron chi connectivity index (χ4n) is 3.80. The van der Waals surface area contributed by atoms with Crippen molar-refractivity contribution in [1.82, 2.24) is 34.9 Å². The number of amides is 2. The number of carbonyl (C=O) groups is 3. The first-order chi connectivity index (χ1) is 16.4. The molecule has 4 aromatic rings. The third-order valence-electron chi connectivity index (χ3n) is 5.46. The van der Waals surface area contributed by atoms with Crippen LogP contribution in [0, 0.1) is 0 Å². The predicted molar refractivity (Wildman–Crippen MR) is 125 cm³/mol. The topological polar surface area (TPSA) is 124 Å². The molecule has 3 aromatic heterocycles. The predicted octanol–water partition coefficient (Wildman–Crippen LogP) is 1.33. The summed E-state index contributed by atoms with van der Waals surface area (Å²) < 4.78 is 2.45. The van der Waals surface area contributed by atoms with E-state index in [1.54, 1.807) is 40.1 Å². The van der Waals surface area contributed by atoms with E-state index in [2.05, 4.69) is 43.1 Å². The second-order valence-electron chi connectivity index (χ2n) is 7.73. The number of nitrogens with zero attached hydrogens (tertiary/aromatic N) is 6. The lowest BCUT2D eigenvalue weighted by molar-refractivity contribution is -0.133. The molecule has 172 valence electrons. The van der Waals surface area contributed by atoms with Crippen LogP contribution in [0.25, 0.3) is 22.1 Å². The summed E-state index contributed by atoms with van der Waals surface area (Å²) in [5.74, 6) is -1.06. The molecule has 2 amide bonds. The monoisotopic (exact) mass is 523 g/mol. The molecule has 1 aromatic carbocycles. The van der Waals surface area contributed by atoms with E-state index < -0.39 is 5.97 Å². The average molecular weight is 524 g/mol. The van der Waals surface area contributed by atoms with Crippen LogP contribution in [0.4, 0.5) is 0 Å². The molecule has 34 heavy (non-hydrogen) atoms. The van der Waals surface area contributed by atoms with Gasteiger partial charge in [-0.3, -0.25) is 9.59 Å². The second kappa shape index (κ2) is 8.71. The number of aromatic nitrogens is 5. The highest BCUT2D eigenvalue weighted by Crippen LogP contribution is 2.26. The van der Waals surface area contributed by atoms with E-state index in [9.17, 15) is 14.4 Å². The number of hydrogen-bond donors (Lipinski definition) is 1. The molecule has 0 spiro atoms. The molecule has 1 saturated heterocycles. The van der Waals surface area contributed by atoms with Crippen LogP contribution >= 0.6 is 15.9 Å². The van der Waals surface area contributed by atoms with E-state index in [0.29, 0.717) is 35.2 Å². The molecule has 1 aliphatic rings. The van der Waals surface area contributed by atoms with Crippen molar-refractivity contribution in [2.45, 2.75) is 12.6 Å². The van der Waals surface area contributed by atoms with Gasteiger partial charge in [0.25, 0.3) is 0 Å². The van der Waals surface area contributed by atoms with Gasteiger partial charge in [0.2, 0.25) is 17.5 Å². The van der Waals surface area contributed by atoms with Gasteiger partial charge in [0, 0.05) is 40.9 Å². The summed E-state index contributed by atoms with van der Waals surface area (Å²) in [7, 11) is 0. The minimum atomic E-state index is -0.669. The smallest absolute Gasteiger partial charge is 0.348 e. The summed E-state index contributed by atoms with van der Waals surface area (Å²) in [5.41, 5.74) is 1.74. The Bertz CT molecular complexity index is 1450. The number of benzene rings is 1. The van der Waals surface area contributed by atoms with Gasteiger partial charge in [-0.15, -0.1) is 5.10 Å². The Labute approximate surface area is 201 Å². The van der Waals surface area contributed by atoms with Crippen molar-refractivity contribution in [3.05, 3.63) is 65.4 Å². The van der Waals surface area contributed by atoms with Crippen LogP contribution in [0.5, 0.6) is 0 Å². The number of fused-ring (bicyclic) bond motifs is 2. The van der Waals surface area contributed by atoms with Crippen LogP contribution in [-0.4, -0.2) is 66.5 Å². The average Bonchev–Trinajstić information content (AvgIpc) is 3.36. The van der Waals surface area contributed by atoms with E-state index in [0.717, 1.165) is 9.32 Å². The molecule has 0 bridgehead atoms. The van der Waals surface area contributed by atoms with E-state index in [-0.39, 0.29) is 30.0 Å². The molecule has 0 atom stereocenters. The molecule has 1 N–H and O–H groups in total. The van der Waals surface area contributed by atoms with E-state index in [4.69, 9.17) is 4.84 Å². The van der Waals surface area contributed by atoms with Crippen molar-refractivity contribution >= 4 is 55.8 Å². The highest BCUT2D eigenvalue weighted by molar-refractivity contribution is 9.10. The van der Waals surface area contributed by atoms with Gasteiger partial charge in [-0.1, -0.05) is 22.5 Å². The molecule has 5 rings (SSSR count). The largest absolute Gasteiger partial charge is 0.368 e. The molecule has 1 aliphatic heterocycles. The first kappa shape index (κ1) is 21.8. The van der Waals surface area contributed by atoms with Crippen molar-refractivity contribution < 1.29 is 19.2 Å². The maximum absolute atomic E-state index is 13.0. The number of halogens is 1. The Hall–Kier alpha value is -4.06. The Morgan fingerprint density at radius 2 is 2.09 bits per heavy atom. The van der Waals surface area contributed by atoms with Crippen LogP contribution in [0.3, 0.4) is 0 Å². The quantitative estimate of drug-likeness (QED) is 0.298. The zero-order valence-electron chi connectivity index (χ0n) is 17.7. The van der Waals surface area contributed by atoms with Gasteiger partial charge in [0.1, 0.15) is 12.1 Å². The van der Waals surface area contributed by atoms with E-state index in [1.165, 1.54) is 6.08 Å². The maximum Gasteiger partial charge on any atom is 0.368 e. The summed E-state index contributed by atoms with van der Waals surface area (Å²) in [5, 5.41) is 11.3. The van der Waals surface area contributed by atoms with Gasteiger partial charge < -0.3 is 19.6 Å². The number of carbonyl (C=O) groups excluding carboxylic acids is 3. The molecule has 0 radical (unpaired) electrons. The lowest BCUT2D eigenvalue weighted by Gasteiger charge is -2.38. The lowest BCUT2D eigenvalue weighted by Crippen LogP contribution is -2.61. The third-order valence-corrected chi connectivity index (χ3v) is 5.95. The highest BCUT2D eigenvalue weighted by Gasteiger charge is 2.30. The van der Waals surface area contributed by atoms with Crippen LogP contribution in [0.2, 0.25) is 0 Å². The van der Waals surface area contributed by atoms with Crippen molar-refractivity contribution in [2.75, 3.05) is 13.1 Å². The van der Waals surface area contributed by atoms with Crippen LogP contribution < -0.4 is 10.2 Å². The van der Waals surface area contributed by atoms with Gasteiger partial charge in [-0.05, 0) is 46.5 Å². The molecule has 0 saturated carbocycles. The molecule has 0 aliphatic carbocycles. The summed E-state index contributed by atoms with van der Waals surface area (Å²) in [6.07, 6.45) is 4.37. The summed E-state index contributed by atoms with van der Waals surface area (Å²) in [6, 6.07) is 8.70. The Morgan fingerprint density at radius 1 is 1.26 bits per heavy atom. The maximum atomic E-state index is 13.0. The number of pyridine rings is 1. The van der Waals surface area contributed by atoms with Crippen LogP contribution in [0.1, 0.15) is 10.4 Å². The van der Waals surface area contributed by atoms with Crippen LogP contribution in [-0.2, 0) is 16.1 Å². The minimum Gasteiger partial charge on any atom is -0.348 e. The molecule has 1 fully saturated rings. The number of rotatable bonds is 6. The van der Waals surface area contributed by atoms with Gasteiger partial charge in [0.15, 0.2) is 0 Å². The molecular formula is C22H18BrN7O4. The van der Waals surface area contributed by atoms with E-state index >= 15 is 0 Å². The van der Waals surface area contributed by atoms with Crippen molar-refractivity contribution in [1.29, 1.82) is 0 Å². The van der Waals surface area contributed by atoms with Gasteiger partial charge in [0.05, 0.1) is 11.6 Å². The third kappa shape index (κ3) is 4.03. The molecule has 12 heteroatoms. The van der Waals surface area contributed by atoms with Crippen molar-refractivity contribution in [3.63, 3.8) is 0 Å². The standard InChI is InChI=1S/C22H18BrN7O4/c1-2-20(32)29-9-14(10-29)25-19(31)12-28-11-16(15-8-13(23)5-6-18(15)28)22(33)34-30-21-17(26-27-30)4-3-7-24-21/h2-8,11,14H,1,9-10,12H2,(H,25,31). The SMILES string of the molecule is C=CC(=O)N1CC(NC(=O)Cn2cc(C(=O)On3nnc4cccnc43)c3cc(Br)ccc32)C1. The molecule has 4 heterocycles. The summed E-state index contributed by atoms with van der Waals surface area (Å²) in [6.45, 7) is 4.33. The number of nitrogens with one attached hydrogen (secondary N) is 1. The molecular weight excluding hydrogens is 506 g/mol. The number of hydrogen-bond acceptors (Lipinski definition) is 7. The molecule has 11 nitrogen and oxygen atoms in total. The van der Waals surface area contributed by atoms with E-state index in [1.807, 2.05) is 12.1 Å². The summed E-state index contributed by atoms with van der Waals surface area (Å²) >= 11 is 3.42. The Balaban J connectivity index is 1.35. The van der Waals surface area contributed by atoms with Crippen LogP contribution in [0.15, 0.2) is 59.9 Å².